The van der Waals surface area contributed by atoms with Crippen LogP contribution < -0.4 is 10.2 Å². The van der Waals surface area contributed by atoms with E-state index in [9.17, 15) is 4.79 Å². The molecule has 1 aromatic heterocycles. The Morgan fingerprint density at radius 1 is 1.25 bits per heavy atom. The van der Waals surface area contributed by atoms with E-state index in [0.717, 1.165) is 40.4 Å². The van der Waals surface area contributed by atoms with E-state index in [4.69, 9.17) is 0 Å². The molecule has 1 saturated heterocycles. The fraction of sp³-hybridized carbons (Fsp3) is 0.368. The van der Waals surface area contributed by atoms with Crippen molar-refractivity contribution in [3.05, 3.63) is 52.3 Å². The summed E-state index contributed by atoms with van der Waals surface area (Å²) in [5.41, 5.74) is 3.41. The Morgan fingerprint density at radius 3 is 2.71 bits per heavy atom. The van der Waals surface area contributed by atoms with Crippen molar-refractivity contribution in [2.45, 2.75) is 26.7 Å². The van der Waals surface area contributed by atoms with Crippen molar-refractivity contribution in [2.24, 2.45) is 5.92 Å². The zero-order valence-electron chi connectivity index (χ0n) is 14.1. The summed E-state index contributed by atoms with van der Waals surface area (Å²) in [6.45, 7) is 6.38. The number of carbonyl (C=O) groups is 1. The third-order valence-electron chi connectivity index (χ3n) is 4.50. The van der Waals surface area contributed by atoms with Crippen LogP contribution in [0.1, 0.15) is 35.8 Å². The number of benzene rings is 1. The van der Waals surface area contributed by atoms with Crippen LogP contribution in [0, 0.1) is 12.8 Å². The fourth-order valence-electron chi connectivity index (χ4n) is 2.91. The Morgan fingerprint density at radius 2 is 2.00 bits per heavy atom. The highest BCUT2D eigenvalue weighted by atomic mass is 79.9. The van der Waals surface area contributed by atoms with Gasteiger partial charge in [0.1, 0.15) is 5.69 Å². The Kier molecular flexibility index (Phi) is 5.19. The van der Waals surface area contributed by atoms with Crippen molar-refractivity contribution >= 4 is 33.2 Å². The molecule has 2 aromatic rings. The van der Waals surface area contributed by atoms with Gasteiger partial charge in [0.2, 0.25) is 0 Å². The lowest BCUT2D eigenvalue weighted by Crippen LogP contribution is -2.33. The average Bonchev–Trinajstić information content (AvgIpc) is 2.58. The number of nitrogens with zero attached hydrogens (tertiary/aromatic N) is 2. The highest BCUT2D eigenvalue weighted by Crippen LogP contribution is 2.25. The summed E-state index contributed by atoms with van der Waals surface area (Å²) in [5, 5.41) is 2.92. The molecular weight excluding hydrogens is 366 g/mol. The smallest absolute Gasteiger partial charge is 0.274 e. The van der Waals surface area contributed by atoms with Gasteiger partial charge in [-0.25, -0.2) is 0 Å². The molecule has 1 amide bonds. The molecule has 0 bridgehead atoms. The fourth-order valence-corrected chi connectivity index (χ4v) is 3.51. The molecule has 126 valence electrons. The summed E-state index contributed by atoms with van der Waals surface area (Å²) in [7, 11) is 0. The molecule has 0 aliphatic carbocycles. The van der Waals surface area contributed by atoms with Gasteiger partial charge >= 0.3 is 0 Å². The topological polar surface area (TPSA) is 45.2 Å². The predicted molar refractivity (Wildman–Crippen MR) is 102 cm³/mol. The van der Waals surface area contributed by atoms with Gasteiger partial charge < -0.3 is 10.2 Å². The molecule has 0 spiro atoms. The maximum atomic E-state index is 12.5. The first-order valence-electron chi connectivity index (χ1n) is 8.31. The van der Waals surface area contributed by atoms with Crippen molar-refractivity contribution in [1.82, 2.24) is 4.98 Å². The molecule has 1 aliphatic heterocycles. The molecule has 4 nitrogen and oxygen atoms in total. The van der Waals surface area contributed by atoms with Crippen LogP contribution >= 0.6 is 15.9 Å². The average molecular weight is 388 g/mol. The number of aryl methyl sites for hydroxylation is 1. The number of piperidine rings is 1. The Bertz CT molecular complexity index is 739. The molecule has 1 aromatic carbocycles. The van der Waals surface area contributed by atoms with Crippen LogP contribution in [0.25, 0.3) is 0 Å². The van der Waals surface area contributed by atoms with E-state index in [2.05, 4.69) is 38.1 Å². The molecule has 5 heteroatoms. The molecule has 0 unspecified atom stereocenters. The molecule has 1 N–H and O–H groups in total. The maximum Gasteiger partial charge on any atom is 0.274 e. The summed E-state index contributed by atoms with van der Waals surface area (Å²) in [6, 6.07) is 9.71. The van der Waals surface area contributed by atoms with Crippen molar-refractivity contribution in [1.29, 1.82) is 0 Å². The van der Waals surface area contributed by atoms with E-state index >= 15 is 0 Å². The Balaban J connectivity index is 1.74. The lowest BCUT2D eigenvalue weighted by Gasteiger charge is -2.32. The summed E-state index contributed by atoms with van der Waals surface area (Å²) in [4.78, 5) is 19.1. The highest BCUT2D eigenvalue weighted by molar-refractivity contribution is 9.10. The van der Waals surface area contributed by atoms with E-state index in [1.165, 1.54) is 12.8 Å². The van der Waals surface area contributed by atoms with E-state index in [1.54, 1.807) is 6.20 Å². The lowest BCUT2D eigenvalue weighted by molar-refractivity contribution is 0.102. The third kappa shape index (κ3) is 3.96. The Hall–Kier alpha value is -1.88. The van der Waals surface area contributed by atoms with Crippen LogP contribution in [-0.2, 0) is 0 Å². The second kappa shape index (κ2) is 7.34. The largest absolute Gasteiger partial charge is 0.371 e. The number of anilines is 2. The van der Waals surface area contributed by atoms with Gasteiger partial charge in [-0.3, -0.25) is 9.78 Å². The van der Waals surface area contributed by atoms with Crippen molar-refractivity contribution in [3.8, 4) is 0 Å². The van der Waals surface area contributed by atoms with Crippen molar-refractivity contribution in [3.63, 3.8) is 0 Å². The van der Waals surface area contributed by atoms with E-state index in [1.807, 2.05) is 37.3 Å². The normalized spacial score (nSPS) is 15.4. The first kappa shape index (κ1) is 17.0. The standard InChI is InChI=1S/C19H22BrN3O/c1-13-6-9-23(10-7-13)15-5-8-21-18(12-15)19(24)22-17-4-3-14(2)11-16(17)20/h3-5,8,11-13H,6-7,9-10H2,1-2H3,(H,22,24). The summed E-state index contributed by atoms with van der Waals surface area (Å²) >= 11 is 3.49. The maximum absolute atomic E-state index is 12.5. The quantitative estimate of drug-likeness (QED) is 0.833. The van der Waals surface area contributed by atoms with Gasteiger partial charge in [-0.2, -0.15) is 0 Å². The van der Waals surface area contributed by atoms with Gasteiger partial charge in [-0.15, -0.1) is 0 Å². The Labute approximate surface area is 151 Å². The van der Waals surface area contributed by atoms with Gasteiger partial charge in [-0.05, 0) is 71.4 Å². The number of amides is 1. The number of hydrogen-bond acceptors (Lipinski definition) is 3. The van der Waals surface area contributed by atoms with Gasteiger partial charge in [0.25, 0.3) is 5.91 Å². The van der Waals surface area contributed by atoms with Crippen LogP contribution in [0.4, 0.5) is 11.4 Å². The number of rotatable bonds is 3. The minimum Gasteiger partial charge on any atom is -0.371 e. The lowest BCUT2D eigenvalue weighted by atomic mass is 9.99. The minimum absolute atomic E-state index is 0.188. The van der Waals surface area contributed by atoms with Crippen LogP contribution in [0.5, 0.6) is 0 Å². The zero-order chi connectivity index (χ0) is 17.1. The summed E-state index contributed by atoms with van der Waals surface area (Å²) < 4.78 is 0.872. The van der Waals surface area contributed by atoms with Gasteiger partial charge in [0.05, 0.1) is 5.69 Å². The summed E-state index contributed by atoms with van der Waals surface area (Å²) in [6.07, 6.45) is 4.10. The molecule has 1 aliphatic rings. The number of aromatic nitrogens is 1. The number of pyridine rings is 1. The molecule has 3 rings (SSSR count). The monoisotopic (exact) mass is 387 g/mol. The molecule has 0 saturated carbocycles. The van der Waals surface area contributed by atoms with Crippen LogP contribution in [-0.4, -0.2) is 24.0 Å². The number of halogens is 1. The van der Waals surface area contributed by atoms with Gasteiger partial charge in [-0.1, -0.05) is 13.0 Å². The van der Waals surface area contributed by atoms with E-state index < -0.39 is 0 Å². The van der Waals surface area contributed by atoms with E-state index in [0.29, 0.717) is 5.69 Å². The van der Waals surface area contributed by atoms with Crippen LogP contribution in [0.2, 0.25) is 0 Å². The predicted octanol–water partition coefficient (Wildman–Crippen LogP) is 4.64. The van der Waals surface area contributed by atoms with Crippen LogP contribution in [0.15, 0.2) is 41.0 Å². The first-order chi connectivity index (χ1) is 11.5. The number of carbonyl (C=O) groups excluding carboxylic acids is 1. The zero-order valence-corrected chi connectivity index (χ0v) is 15.6. The van der Waals surface area contributed by atoms with E-state index in [-0.39, 0.29) is 5.91 Å². The number of hydrogen-bond donors (Lipinski definition) is 1. The second-order valence-corrected chi connectivity index (χ2v) is 7.36. The highest BCUT2D eigenvalue weighted by Gasteiger charge is 2.18. The minimum atomic E-state index is -0.188. The molecule has 1 fully saturated rings. The van der Waals surface area contributed by atoms with Crippen molar-refractivity contribution < 1.29 is 4.79 Å². The molecule has 0 radical (unpaired) electrons. The third-order valence-corrected chi connectivity index (χ3v) is 5.15. The van der Waals surface area contributed by atoms with Crippen LogP contribution in [0.3, 0.4) is 0 Å². The van der Waals surface area contributed by atoms with Crippen molar-refractivity contribution in [2.75, 3.05) is 23.3 Å². The molecule has 2 heterocycles. The second-order valence-electron chi connectivity index (χ2n) is 6.51. The molecule has 0 atom stereocenters. The SMILES string of the molecule is Cc1ccc(NC(=O)c2cc(N3CCC(C)CC3)ccn2)c(Br)c1. The van der Waals surface area contributed by atoms with Gasteiger partial charge in [0, 0.05) is 29.4 Å². The summed E-state index contributed by atoms with van der Waals surface area (Å²) in [5.74, 6) is 0.594. The number of nitrogens with one attached hydrogen (secondary N) is 1. The van der Waals surface area contributed by atoms with Gasteiger partial charge in [0.15, 0.2) is 0 Å². The molecular formula is C19H22BrN3O. The first-order valence-corrected chi connectivity index (χ1v) is 9.11. The molecule has 24 heavy (non-hydrogen) atoms.